The number of fused-ring (bicyclic) bond motifs is 1. The summed E-state index contributed by atoms with van der Waals surface area (Å²) in [5, 5.41) is 6.12. The van der Waals surface area contributed by atoms with Crippen LogP contribution in [0.2, 0.25) is 0 Å². The minimum absolute atomic E-state index is 0.0385. The Bertz CT molecular complexity index is 819. The Morgan fingerprint density at radius 3 is 2.78 bits per heavy atom. The van der Waals surface area contributed by atoms with Crippen LogP contribution in [0.1, 0.15) is 42.6 Å². The van der Waals surface area contributed by atoms with Crippen LogP contribution in [0.4, 0.5) is 11.4 Å². The molecule has 5 nitrogen and oxygen atoms in total. The van der Waals surface area contributed by atoms with Gasteiger partial charge in [-0.25, -0.2) is 0 Å². The average molecular weight is 365 g/mol. The molecule has 142 valence electrons. The van der Waals surface area contributed by atoms with Gasteiger partial charge in [-0.3, -0.25) is 9.59 Å². The lowest BCUT2D eigenvalue weighted by atomic mass is 10.0. The van der Waals surface area contributed by atoms with Crippen LogP contribution in [0.3, 0.4) is 0 Å². The van der Waals surface area contributed by atoms with Crippen LogP contribution in [-0.2, 0) is 11.2 Å². The smallest absolute Gasteiger partial charge is 0.251 e. The van der Waals surface area contributed by atoms with Crippen molar-refractivity contribution in [3.05, 3.63) is 59.7 Å². The number of nitrogens with zero attached hydrogens (tertiary/aromatic N) is 1. The van der Waals surface area contributed by atoms with Crippen molar-refractivity contribution in [1.82, 2.24) is 5.32 Å². The number of hydrogen-bond acceptors (Lipinski definition) is 3. The number of carbonyl (C=O) groups is 2. The Morgan fingerprint density at radius 2 is 1.96 bits per heavy atom. The zero-order valence-electron chi connectivity index (χ0n) is 16.0. The highest BCUT2D eigenvalue weighted by Crippen LogP contribution is 2.26. The van der Waals surface area contributed by atoms with Crippen molar-refractivity contribution in [2.24, 2.45) is 0 Å². The van der Waals surface area contributed by atoms with Gasteiger partial charge in [0.2, 0.25) is 5.91 Å². The Balaban J connectivity index is 1.63. The van der Waals surface area contributed by atoms with Crippen LogP contribution >= 0.6 is 0 Å². The maximum absolute atomic E-state index is 12.7. The number of hydrogen-bond donors (Lipinski definition) is 2. The first-order valence-corrected chi connectivity index (χ1v) is 9.61. The summed E-state index contributed by atoms with van der Waals surface area (Å²) in [5.74, 6) is -0.0547. The largest absolute Gasteiger partial charge is 0.376 e. The van der Waals surface area contributed by atoms with Crippen molar-refractivity contribution in [1.29, 1.82) is 0 Å². The van der Waals surface area contributed by atoms with E-state index < -0.39 is 0 Å². The van der Waals surface area contributed by atoms with Gasteiger partial charge in [-0.1, -0.05) is 31.2 Å². The summed E-state index contributed by atoms with van der Waals surface area (Å²) in [7, 11) is 0. The second-order valence-corrected chi connectivity index (χ2v) is 6.99. The molecule has 1 heterocycles. The molecule has 1 unspecified atom stereocenters. The molecule has 0 aliphatic carbocycles. The number of carbonyl (C=O) groups excluding carboxylic acids is 2. The number of anilines is 2. The van der Waals surface area contributed by atoms with Gasteiger partial charge in [0.15, 0.2) is 0 Å². The SMILES string of the molecule is CCC(C)NC(=O)c1cccc(NCC(=O)N2CCCc3ccccc32)c1. The predicted molar refractivity (Wildman–Crippen MR) is 109 cm³/mol. The molecular weight excluding hydrogens is 338 g/mol. The van der Waals surface area contributed by atoms with E-state index in [0.717, 1.165) is 37.2 Å². The quantitative estimate of drug-likeness (QED) is 0.822. The number of para-hydroxylation sites is 1. The summed E-state index contributed by atoms with van der Waals surface area (Å²) < 4.78 is 0. The van der Waals surface area contributed by atoms with Crippen molar-refractivity contribution in [3.63, 3.8) is 0 Å². The Morgan fingerprint density at radius 1 is 1.15 bits per heavy atom. The number of nitrogens with one attached hydrogen (secondary N) is 2. The Kier molecular flexibility index (Phi) is 6.12. The zero-order valence-corrected chi connectivity index (χ0v) is 16.0. The van der Waals surface area contributed by atoms with Crippen LogP contribution in [0.15, 0.2) is 48.5 Å². The molecule has 0 saturated heterocycles. The summed E-state index contributed by atoms with van der Waals surface area (Å²) >= 11 is 0. The molecule has 0 fully saturated rings. The van der Waals surface area contributed by atoms with Gasteiger partial charge in [-0.15, -0.1) is 0 Å². The van der Waals surface area contributed by atoms with E-state index >= 15 is 0 Å². The van der Waals surface area contributed by atoms with Crippen LogP contribution in [0, 0.1) is 0 Å². The van der Waals surface area contributed by atoms with Crippen LogP contribution in [0.25, 0.3) is 0 Å². The van der Waals surface area contributed by atoms with Crippen LogP contribution in [-0.4, -0.2) is 30.9 Å². The van der Waals surface area contributed by atoms with Crippen molar-refractivity contribution < 1.29 is 9.59 Å². The van der Waals surface area contributed by atoms with Crippen molar-refractivity contribution in [3.8, 4) is 0 Å². The van der Waals surface area contributed by atoms with Crippen LogP contribution < -0.4 is 15.5 Å². The molecule has 5 heteroatoms. The maximum atomic E-state index is 12.7. The van der Waals surface area contributed by atoms with Crippen LogP contribution in [0.5, 0.6) is 0 Å². The minimum atomic E-state index is -0.0933. The summed E-state index contributed by atoms with van der Waals surface area (Å²) in [6, 6.07) is 15.5. The first kappa shape index (κ1) is 19.0. The molecule has 2 aromatic rings. The Labute approximate surface area is 160 Å². The van der Waals surface area contributed by atoms with Gasteiger partial charge in [0, 0.05) is 29.5 Å². The van der Waals surface area contributed by atoms with Crippen molar-refractivity contribution in [2.75, 3.05) is 23.3 Å². The lowest BCUT2D eigenvalue weighted by molar-refractivity contribution is -0.117. The highest BCUT2D eigenvalue weighted by molar-refractivity contribution is 5.98. The number of amides is 2. The monoisotopic (exact) mass is 365 g/mol. The van der Waals surface area contributed by atoms with E-state index in [1.54, 1.807) is 12.1 Å². The van der Waals surface area contributed by atoms with Gasteiger partial charge in [0.05, 0.1) is 6.54 Å². The van der Waals surface area contributed by atoms with E-state index in [1.165, 1.54) is 5.56 Å². The fraction of sp³-hybridized carbons (Fsp3) is 0.364. The van der Waals surface area contributed by atoms with Gasteiger partial charge in [-0.2, -0.15) is 0 Å². The van der Waals surface area contributed by atoms with Gasteiger partial charge >= 0.3 is 0 Å². The summed E-state index contributed by atoms with van der Waals surface area (Å²) in [5.41, 5.74) is 3.60. The first-order valence-electron chi connectivity index (χ1n) is 9.61. The highest BCUT2D eigenvalue weighted by Gasteiger charge is 2.21. The number of benzene rings is 2. The number of aryl methyl sites for hydroxylation is 1. The van der Waals surface area contributed by atoms with E-state index in [1.807, 2.05) is 49.1 Å². The molecule has 0 saturated carbocycles. The third-order valence-corrected chi connectivity index (χ3v) is 4.97. The van der Waals surface area contributed by atoms with Gasteiger partial charge in [0.1, 0.15) is 0 Å². The fourth-order valence-electron chi connectivity index (χ4n) is 3.25. The molecule has 1 atom stereocenters. The molecule has 1 aliphatic heterocycles. The van der Waals surface area contributed by atoms with E-state index in [4.69, 9.17) is 0 Å². The van der Waals surface area contributed by atoms with Gasteiger partial charge in [0.25, 0.3) is 5.91 Å². The average Bonchev–Trinajstić information content (AvgIpc) is 2.71. The second-order valence-electron chi connectivity index (χ2n) is 6.99. The number of rotatable bonds is 6. The van der Waals surface area contributed by atoms with E-state index in [9.17, 15) is 9.59 Å². The normalized spacial score (nSPS) is 14.2. The topological polar surface area (TPSA) is 61.4 Å². The lowest BCUT2D eigenvalue weighted by Crippen LogP contribution is -2.39. The van der Waals surface area contributed by atoms with E-state index in [-0.39, 0.29) is 24.4 Å². The third kappa shape index (κ3) is 4.67. The summed E-state index contributed by atoms with van der Waals surface area (Å²) in [6.07, 6.45) is 2.88. The fourth-order valence-corrected chi connectivity index (χ4v) is 3.25. The zero-order chi connectivity index (χ0) is 19.2. The Hall–Kier alpha value is -2.82. The molecule has 2 N–H and O–H groups in total. The van der Waals surface area contributed by atoms with Crippen molar-refractivity contribution >= 4 is 23.2 Å². The minimum Gasteiger partial charge on any atom is -0.376 e. The predicted octanol–water partition coefficient (Wildman–Crippen LogP) is 3.61. The van der Waals surface area contributed by atoms with E-state index in [2.05, 4.69) is 16.7 Å². The second kappa shape index (κ2) is 8.71. The molecule has 0 bridgehead atoms. The molecule has 2 aromatic carbocycles. The van der Waals surface area contributed by atoms with Gasteiger partial charge < -0.3 is 15.5 Å². The standard InChI is InChI=1S/C22H27N3O2/c1-3-16(2)24-22(27)18-9-6-11-19(14-18)23-15-21(26)25-13-7-10-17-8-4-5-12-20(17)25/h4-6,8-9,11-12,14,16,23H,3,7,10,13,15H2,1-2H3,(H,24,27). The first-order chi connectivity index (χ1) is 13.1. The van der Waals surface area contributed by atoms with Gasteiger partial charge in [-0.05, 0) is 56.0 Å². The summed E-state index contributed by atoms with van der Waals surface area (Å²) in [4.78, 5) is 26.8. The molecule has 3 rings (SSSR count). The van der Waals surface area contributed by atoms with E-state index in [0.29, 0.717) is 5.56 Å². The van der Waals surface area contributed by atoms with Crippen molar-refractivity contribution in [2.45, 2.75) is 39.2 Å². The lowest BCUT2D eigenvalue weighted by Gasteiger charge is -2.29. The molecule has 27 heavy (non-hydrogen) atoms. The molecule has 1 aliphatic rings. The molecule has 0 aromatic heterocycles. The molecular formula is C22H27N3O2. The maximum Gasteiger partial charge on any atom is 0.251 e. The molecule has 0 radical (unpaired) electrons. The molecule has 0 spiro atoms. The molecule has 2 amide bonds. The highest BCUT2D eigenvalue weighted by atomic mass is 16.2. The summed E-state index contributed by atoms with van der Waals surface area (Å²) in [6.45, 7) is 4.96. The third-order valence-electron chi connectivity index (χ3n) is 4.97.